The van der Waals surface area contributed by atoms with E-state index >= 15 is 0 Å². The Morgan fingerprint density at radius 3 is 2.21 bits per heavy atom. The zero-order chi connectivity index (χ0) is 21.8. The number of amides is 3. The number of alkyl carbamates (subject to hydrolysis) is 1. The molecule has 9 heteroatoms. The topological polar surface area (TPSA) is 137 Å². The lowest BCUT2D eigenvalue weighted by atomic mass is 10.0. The lowest BCUT2D eigenvalue weighted by Gasteiger charge is -2.22. The number of nitrogens with one attached hydrogen (secondary N) is 2. The van der Waals surface area contributed by atoms with Gasteiger partial charge in [0.25, 0.3) is 0 Å². The van der Waals surface area contributed by atoms with Crippen molar-refractivity contribution in [3.05, 3.63) is 35.9 Å². The van der Waals surface area contributed by atoms with E-state index in [2.05, 4.69) is 10.6 Å². The SMILES string of the molecule is CCOC(=O)C[C@@H](NC(=O)[C@H](CC(C)C)NC(=O)OCc1ccccc1)C(N)=O. The lowest BCUT2D eigenvalue weighted by Crippen LogP contribution is -2.54. The van der Waals surface area contributed by atoms with Gasteiger partial charge in [-0.05, 0) is 24.8 Å². The standard InChI is InChI=1S/C20H29N3O6/c1-4-28-17(24)11-15(18(21)25)22-19(26)16(10-13(2)3)23-20(27)29-12-14-8-6-5-7-9-14/h5-9,13,15-16H,4,10-12H2,1-3H3,(H2,21,25)(H,22,26)(H,23,27)/t15-,16+/m1/s1. The Hall–Kier alpha value is -3.10. The maximum absolute atomic E-state index is 12.6. The molecule has 1 aromatic carbocycles. The second kappa shape index (κ2) is 12.4. The maximum Gasteiger partial charge on any atom is 0.408 e. The van der Waals surface area contributed by atoms with Crippen molar-refractivity contribution in [1.82, 2.24) is 10.6 Å². The van der Waals surface area contributed by atoms with Gasteiger partial charge in [0.05, 0.1) is 13.0 Å². The third-order valence-corrected chi connectivity index (χ3v) is 3.86. The largest absolute Gasteiger partial charge is 0.466 e. The number of carbonyl (C=O) groups is 4. The molecule has 0 aliphatic rings. The molecule has 3 amide bonds. The predicted molar refractivity (Wildman–Crippen MR) is 105 cm³/mol. The molecule has 0 radical (unpaired) electrons. The molecule has 29 heavy (non-hydrogen) atoms. The van der Waals surface area contributed by atoms with Gasteiger partial charge in [0.2, 0.25) is 11.8 Å². The summed E-state index contributed by atoms with van der Waals surface area (Å²) in [6, 6.07) is 6.90. The first kappa shape index (κ1) is 23.9. The number of hydrogen-bond acceptors (Lipinski definition) is 6. The van der Waals surface area contributed by atoms with E-state index in [-0.39, 0.29) is 25.6 Å². The highest BCUT2D eigenvalue weighted by atomic mass is 16.5. The highest BCUT2D eigenvalue weighted by Gasteiger charge is 2.28. The number of carbonyl (C=O) groups excluding carboxylic acids is 4. The van der Waals surface area contributed by atoms with Crippen LogP contribution in [0.1, 0.15) is 39.2 Å². The summed E-state index contributed by atoms with van der Waals surface area (Å²) in [5.41, 5.74) is 6.07. The molecule has 0 aliphatic heterocycles. The van der Waals surface area contributed by atoms with E-state index in [0.29, 0.717) is 6.42 Å². The van der Waals surface area contributed by atoms with Gasteiger partial charge >= 0.3 is 12.1 Å². The van der Waals surface area contributed by atoms with E-state index in [4.69, 9.17) is 15.2 Å². The molecule has 9 nitrogen and oxygen atoms in total. The Bertz CT molecular complexity index is 693. The van der Waals surface area contributed by atoms with Crippen LogP contribution in [0.4, 0.5) is 4.79 Å². The predicted octanol–water partition coefficient (Wildman–Crippen LogP) is 1.25. The molecule has 0 aromatic heterocycles. The minimum atomic E-state index is -1.24. The van der Waals surface area contributed by atoms with Crippen LogP contribution >= 0.6 is 0 Å². The molecule has 160 valence electrons. The van der Waals surface area contributed by atoms with Crippen molar-refractivity contribution in [3.63, 3.8) is 0 Å². The van der Waals surface area contributed by atoms with Crippen LogP contribution in [0.3, 0.4) is 0 Å². The molecule has 0 fully saturated rings. The molecular formula is C20H29N3O6. The quantitative estimate of drug-likeness (QED) is 0.472. The van der Waals surface area contributed by atoms with Crippen molar-refractivity contribution >= 4 is 23.9 Å². The molecule has 1 aromatic rings. The zero-order valence-electron chi connectivity index (χ0n) is 17.0. The van der Waals surface area contributed by atoms with Crippen molar-refractivity contribution in [1.29, 1.82) is 0 Å². The van der Waals surface area contributed by atoms with E-state index < -0.39 is 36.0 Å². The average Bonchev–Trinajstić information content (AvgIpc) is 2.65. The van der Waals surface area contributed by atoms with Gasteiger partial charge in [0.1, 0.15) is 18.7 Å². The van der Waals surface area contributed by atoms with Crippen LogP contribution in [-0.2, 0) is 30.5 Å². The molecule has 0 bridgehead atoms. The summed E-state index contributed by atoms with van der Waals surface area (Å²) in [5.74, 6) is -2.10. The van der Waals surface area contributed by atoms with Crippen LogP contribution in [0.25, 0.3) is 0 Å². The van der Waals surface area contributed by atoms with Crippen molar-refractivity contribution in [2.45, 2.75) is 52.3 Å². The van der Waals surface area contributed by atoms with Gasteiger partial charge in [-0.2, -0.15) is 0 Å². The smallest absolute Gasteiger partial charge is 0.408 e. The Kier molecular flexibility index (Phi) is 10.2. The van der Waals surface area contributed by atoms with E-state index in [1.54, 1.807) is 19.1 Å². The van der Waals surface area contributed by atoms with E-state index in [0.717, 1.165) is 5.56 Å². The van der Waals surface area contributed by atoms with E-state index in [9.17, 15) is 19.2 Å². The van der Waals surface area contributed by atoms with Crippen molar-refractivity contribution < 1.29 is 28.7 Å². The molecular weight excluding hydrogens is 378 g/mol. The minimum Gasteiger partial charge on any atom is -0.466 e. The highest BCUT2D eigenvalue weighted by molar-refractivity contribution is 5.92. The number of benzene rings is 1. The average molecular weight is 407 g/mol. The van der Waals surface area contributed by atoms with Gasteiger partial charge in [0.15, 0.2) is 0 Å². The van der Waals surface area contributed by atoms with Gasteiger partial charge in [0, 0.05) is 0 Å². The molecule has 0 spiro atoms. The summed E-state index contributed by atoms with van der Waals surface area (Å²) in [6.45, 7) is 5.57. The molecule has 0 aliphatic carbocycles. The molecule has 2 atom stereocenters. The fraction of sp³-hybridized carbons (Fsp3) is 0.500. The second-order valence-electron chi connectivity index (χ2n) is 6.86. The maximum atomic E-state index is 12.6. The minimum absolute atomic E-state index is 0.0511. The molecule has 1 rings (SSSR count). The molecule has 0 heterocycles. The number of nitrogens with two attached hydrogens (primary N) is 1. The van der Waals surface area contributed by atoms with Crippen molar-refractivity contribution in [3.8, 4) is 0 Å². The summed E-state index contributed by atoms with van der Waals surface area (Å²) in [4.78, 5) is 47.9. The van der Waals surface area contributed by atoms with Gasteiger partial charge in [-0.1, -0.05) is 44.2 Å². The Morgan fingerprint density at radius 1 is 1.00 bits per heavy atom. The van der Waals surface area contributed by atoms with Gasteiger partial charge in [-0.3, -0.25) is 14.4 Å². The summed E-state index contributed by atoms with van der Waals surface area (Å²) in [7, 11) is 0. The summed E-state index contributed by atoms with van der Waals surface area (Å²) < 4.78 is 9.92. The fourth-order valence-electron chi connectivity index (χ4n) is 2.49. The fourth-order valence-corrected chi connectivity index (χ4v) is 2.49. The van der Waals surface area contributed by atoms with Gasteiger partial charge < -0.3 is 25.8 Å². The van der Waals surface area contributed by atoms with Gasteiger partial charge in [-0.25, -0.2) is 4.79 Å². The Morgan fingerprint density at radius 2 is 1.66 bits per heavy atom. The third kappa shape index (κ3) is 9.59. The van der Waals surface area contributed by atoms with Crippen LogP contribution in [0.15, 0.2) is 30.3 Å². The Labute approximate surface area is 170 Å². The second-order valence-corrected chi connectivity index (χ2v) is 6.86. The van der Waals surface area contributed by atoms with Crippen LogP contribution in [-0.4, -0.2) is 42.6 Å². The number of primary amides is 1. The number of rotatable bonds is 11. The lowest BCUT2D eigenvalue weighted by molar-refractivity contribution is -0.145. The monoisotopic (exact) mass is 407 g/mol. The summed E-state index contributed by atoms with van der Waals surface area (Å²) in [6.07, 6.45) is -0.852. The summed E-state index contributed by atoms with van der Waals surface area (Å²) in [5, 5.41) is 4.91. The van der Waals surface area contributed by atoms with Crippen LogP contribution in [0, 0.1) is 5.92 Å². The molecule has 4 N–H and O–H groups in total. The Balaban J connectivity index is 2.71. The number of ether oxygens (including phenoxy) is 2. The number of hydrogen-bond donors (Lipinski definition) is 3. The first-order chi connectivity index (χ1) is 13.7. The molecule has 0 saturated carbocycles. The van der Waals surface area contributed by atoms with Crippen LogP contribution in [0.5, 0.6) is 0 Å². The van der Waals surface area contributed by atoms with Crippen LogP contribution < -0.4 is 16.4 Å². The zero-order valence-corrected chi connectivity index (χ0v) is 17.0. The van der Waals surface area contributed by atoms with Crippen molar-refractivity contribution in [2.24, 2.45) is 11.7 Å². The number of esters is 1. The van der Waals surface area contributed by atoms with Gasteiger partial charge in [-0.15, -0.1) is 0 Å². The first-order valence-electron chi connectivity index (χ1n) is 9.45. The third-order valence-electron chi connectivity index (χ3n) is 3.86. The summed E-state index contributed by atoms with van der Waals surface area (Å²) >= 11 is 0. The molecule has 0 unspecified atom stereocenters. The first-order valence-corrected chi connectivity index (χ1v) is 9.45. The highest BCUT2D eigenvalue weighted by Crippen LogP contribution is 2.08. The van der Waals surface area contributed by atoms with Crippen molar-refractivity contribution in [2.75, 3.05) is 6.61 Å². The van der Waals surface area contributed by atoms with E-state index in [1.807, 2.05) is 32.0 Å². The van der Waals surface area contributed by atoms with E-state index in [1.165, 1.54) is 0 Å². The van der Waals surface area contributed by atoms with Crippen LogP contribution in [0.2, 0.25) is 0 Å². The normalized spacial score (nSPS) is 12.6. The molecule has 0 saturated heterocycles.